The number of nitrogens with one attached hydrogen (secondary N) is 1. The molecule has 1 aliphatic rings. The van der Waals surface area contributed by atoms with Gasteiger partial charge in [-0.05, 0) is 30.3 Å². The van der Waals surface area contributed by atoms with Gasteiger partial charge in [-0.1, -0.05) is 6.07 Å². The van der Waals surface area contributed by atoms with E-state index in [2.05, 4.69) is 25.3 Å². The number of ether oxygens (including phenoxy) is 2. The smallest absolute Gasteiger partial charge is 0.416 e. The van der Waals surface area contributed by atoms with Gasteiger partial charge in [-0.3, -0.25) is 4.98 Å². The maximum atomic E-state index is 13.0. The van der Waals surface area contributed by atoms with E-state index < -0.39 is 11.7 Å². The first-order valence-electron chi connectivity index (χ1n) is 9.08. The normalized spacial score (nSPS) is 14.4. The number of benzene rings is 1. The molecule has 0 aliphatic carbocycles. The van der Waals surface area contributed by atoms with Gasteiger partial charge in [0.15, 0.2) is 0 Å². The molecular formula is C19H17F3N6O2. The van der Waals surface area contributed by atoms with E-state index in [1.165, 1.54) is 18.3 Å². The van der Waals surface area contributed by atoms with Gasteiger partial charge in [0.1, 0.15) is 5.75 Å². The molecule has 2 aromatic heterocycles. The Labute approximate surface area is 169 Å². The number of hydrogen-bond acceptors (Lipinski definition) is 8. The van der Waals surface area contributed by atoms with Crippen molar-refractivity contribution in [1.29, 1.82) is 0 Å². The van der Waals surface area contributed by atoms with Crippen LogP contribution in [0.2, 0.25) is 0 Å². The summed E-state index contributed by atoms with van der Waals surface area (Å²) in [6.07, 6.45) is -1.36. The van der Waals surface area contributed by atoms with E-state index in [-0.39, 0.29) is 17.6 Å². The van der Waals surface area contributed by atoms with Crippen molar-refractivity contribution in [2.45, 2.75) is 6.18 Å². The van der Waals surface area contributed by atoms with E-state index in [1.54, 1.807) is 18.3 Å². The molecule has 156 valence electrons. The Kier molecular flexibility index (Phi) is 5.61. The fraction of sp³-hybridized carbons (Fsp3) is 0.263. The molecule has 0 unspecified atom stereocenters. The number of aromatic nitrogens is 4. The molecular weight excluding hydrogens is 401 g/mol. The Hall–Kier alpha value is -3.47. The Morgan fingerprint density at radius 1 is 1.03 bits per heavy atom. The van der Waals surface area contributed by atoms with Gasteiger partial charge in [-0.15, -0.1) is 0 Å². The van der Waals surface area contributed by atoms with Gasteiger partial charge in [0, 0.05) is 25.0 Å². The largest absolute Gasteiger partial charge is 0.422 e. The number of rotatable bonds is 5. The number of halogens is 3. The second-order valence-corrected chi connectivity index (χ2v) is 6.34. The van der Waals surface area contributed by atoms with Crippen molar-refractivity contribution in [3.63, 3.8) is 0 Å². The third kappa shape index (κ3) is 4.92. The Bertz CT molecular complexity index is 997. The van der Waals surface area contributed by atoms with Crippen molar-refractivity contribution in [1.82, 2.24) is 19.9 Å². The van der Waals surface area contributed by atoms with Gasteiger partial charge in [0.2, 0.25) is 11.9 Å². The molecule has 0 saturated carbocycles. The summed E-state index contributed by atoms with van der Waals surface area (Å²) in [5.74, 6) is 0.813. The molecule has 0 atom stereocenters. The first kappa shape index (κ1) is 19.8. The number of hydrogen-bond donors (Lipinski definition) is 1. The van der Waals surface area contributed by atoms with E-state index in [9.17, 15) is 13.2 Å². The van der Waals surface area contributed by atoms with Crippen LogP contribution >= 0.6 is 0 Å². The zero-order valence-electron chi connectivity index (χ0n) is 15.6. The van der Waals surface area contributed by atoms with Crippen LogP contribution in [0.3, 0.4) is 0 Å². The zero-order valence-corrected chi connectivity index (χ0v) is 15.6. The summed E-state index contributed by atoms with van der Waals surface area (Å²) in [6, 6.07) is 8.16. The zero-order chi connectivity index (χ0) is 21.0. The number of nitrogens with zero attached hydrogens (tertiary/aromatic N) is 5. The number of pyridine rings is 1. The predicted octanol–water partition coefficient (Wildman–Crippen LogP) is 3.66. The molecule has 1 fully saturated rings. The first-order chi connectivity index (χ1) is 14.5. The van der Waals surface area contributed by atoms with Crippen LogP contribution in [0.25, 0.3) is 0 Å². The second kappa shape index (κ2) is 8.49. The van der Waals surface area contributed by atoms with Gasteiger partial charge in [-0.25, -0.2) is 0 Å². The average Bonchev–Trinajstić information content (AvgIpc) is 2.74. The summed E-state index contributed by atoms with van der Waals surface area (Å²) in [5, 5.41) is 2.81. The van der Waals surface area contributed by atoms with E-state index in [0.29, 0.717) is 38.0 Å². The van der Waals surface area contributed by atoms with Crippen LogP contribution in [0.1, 0.15) is 5.56 Å². The summed E-state index contributed by atoms with van der Waals surface area (Å²) >= 11 is 0. The minimum absolute atomic E-state index is 0.00559. The number of morpholine rings is 1. The van der Waals surface area contributed by atoms with Gasteiger partial charge in [-0.2, -0.15) is 28.1 Å². The molecule has 0 spiro atoms. The lowest BCUT2D eigenvalue weighted by molar-refractivity contribution is -0.137. The highest BCUT2D eigenvalue weighted by atomic mass is 19.4. The Morgan fingerprint density at radius 3 is 2.60 bits per heavy atom. The lowest BCUT2D eigenvalue weighted by atomic mass is 10.2. The van der Waals surface area contributed by atoms with E-state index >= 15 is 0 Å². The van der Waals surface area contributed by atoms with Crippen LogP contribution < -0.4 is 15.0 Å². The van der Waals surface area contributed by atoms with Crippen molar-refractivity contribution >= 4 is 17.6 Å². The summed E-state index contributed by atoms with van der Waals surface area (Å²) in [5.41, 5.74) is -0.585. The highest BCUT2D eigenvalue weighted by molar-refractivity contribution is 5.56. The van der Waals surface area contributed by atoms with E-state index in [0.717, 1.165) is 12.1 Å². The van der Waals surface area contributed by atoms with Gasteiger partial charge in [0.25, 0.3) is 0 Å². The fourth-order valence-corrected chi connectivity index (χ4v) is 2.77. The molecule has 11 heteroatoms. The lowest BCUT2D eigenvalue weighted by Crippen LogP contribution is -2.37. The first-order valence-corrected chi connectivity index (χ1v) is 9.08. The van der Waals surface area contributed by atoms with Gasteiger partial charge in [0.05, 0.1) is 25.0 Å². The molecule has 30 heavy (non-hydrogen) atoms. The predicted molar refractivity (Wildman–Crippen MR) is 102 cm³/mol. The van der Waals surface area contributed by atoms with Crippen molar-refractivity contribution in [2.75, 3.05) is 36.5 Å². The Morgan fingerprint density at radius 2 is 1.87 bits per heavy atom. The maximum absolute atomic E-state index is 13.0. The highest BCUT2D eigenvalue weighted by Gasteiger charge is 2.30. The molecule has 1 aromatic carbocycles. The maximum Gasteiger partial charge on any atom is 0.416 e. The van der Waals surface area contributed by atoms with Crippen LogP contribution in [0.4, 0.5) is 30.8 Å². The molecule has 1 aliphatic heterocycles. The van der Waals surface area contributed by atoms with E-state index in [4.69, 9.17) is 9.47 Å². The summed E-state index contributed by atoms with van der Waals surface area (Å²) in [7, 11) is 0. The Balaban J connectivity index is 1.65. The molecule has 1 saturated heterocycles. The van der Waals surface area contributed by atoms with Crippen molar-refractivity contribution in [3.05, 3.63) is 54.4 Å². The molecule has 0 radical (unpaired) electrons. The molecule has 0 bridgehead atoms. The number of anilines is 3. The van der Waals surface area contributed by atoms with Crippen molar-refractivity contribution < 1.29 is 22.6 Å². The quantitative estimate of drug-likeness (QED) is 0.672. The van der Waals surface area contributed by atoms with Gasteiger partial charge < -0.3 is 19.7 Å². The minimum Gasteiger partial charge on any atom is -0.422 e. The van der Waals surface area contributed by atoms with Crippen LogP contribution in [-0.2, 0) is 10.9 Å². The molecule has 4 rings (SSSR count). The van der Waals surface area contributed by atoms with Crippen LogP contribution in [-0.4, -0.2) is 46.2 Å². The molecule has 3 aromatic rings. The lowest BCUT2D eigenvalue weighted by Gasteiger charge is -2.27. The van der Waals surface area contributed by atoms with Crippen LogP contribution in [0.5, 0.6) is 11.8 Å². The van der Waals surface area contributed by atoms with Crippen LogP contribution in [0, 0.1) is 0 Å². The molecule has 3 heterocycles. The molecule has 0 amide bonds. The summed E-state index contributed by atoms with van der Waals surface area (Å²) in [6.45, 7) is 2.17. The fourth-order valence-electron chi connectivity index (χ4n) is 2.77. The monoisotopic (exact) mass is 418 g/mol. The SMILES string of the molecule is FC(F)(F)c1cccc(Nc2nc(Oc3cccnc3)nc(N3CCOCC3)n2)c1. The summed E-state index contributed by atoms with van der Waals surface area (Å²) < 4.78 is 50.0. The highest BCUT2D eigenvalue weighted by Crippen LogP contribution is 2.31. The van der Waals surface area contributed by atoms with Crippen molar-refractivity contribution in [3.8, 4) is 11.8 Å². The third-order valence-corrected chi connectivity index (χ3v) is 4.19. The van der Waals surface area contributed by atoms with E-state index in [1.807, 2.05) is 4.90 Å². The van der Waals surface area contributed by atoms with Gasteiger partial charge >= 0.3 is 12.2 Å². The third-order valence-electron chi connectivity index (χ3n) is 4.19. The average molecular weight is 418 g/mol. The molecule has 8 nitrogen and oxygen atoms in total. The van der Waals surface area contributed by atoms with Crippen LogP contribution in [0.15, 0.2) is 48.8 Å². The minimum atomic E-state index is -4.45. The topological polar surface area (TPSA) is 85.3 Å². The summed E-state index contributed by atoms with van der Waals surface area (Å²) in [4.78, 5) is 18.7. The number of alkyl halides is 3. The second-order valence-electron chi connectivity index (χ2n) is 6.34. The molecule has 1 N–H and O–H groups in total. The van der Waals surface area contributed by atoms with Crippen molar-refractivity contribution in [2.24, 2.45) is 0 Å². The standard InChI is InChI=1S/C19H17F3N6O2/c20-19(21,22)13-3-1-4-14(11-13)24-16-25-17(28-7-9-29-10-8-28)27-18(26-16)30-15-5-2-6-23-12-15/h1-6,11-12H,7-10H2,(H,24,25,26,27).